The third kappa shape index (κ3) is 2.48. The summed E-state index contributed by atoms with van der Waals surface area (Å²) in [5.41, 5.74) is 2.65. The molecule has 4 nitrogen and oxygen atoms in total. The lowest BCUT2D eigenvalue weighted by Gasteiger charge is -2.21. The van der Waals surface area contributed by atoms with Gasteiger partial charge in [0, 0.05) is 0 Å². The van der Waals surface area contributed by atoms with Crippen molar-refractivity contribution in [3.8, 4) is 0 Å². The van der Waals surface area contributed by atoms with E-state index >= 15 is 0 Å². The largest absolute Gasteiger partial charge is 0.464 e. The molecule has 1 aromatic rings. The van der Waals surface area contributed by atoms with Crippen LogP contribution in [0.3, 0.4) is 0 Å². The number of benzene rings is 1. The molecule has 0 aliphatic carbocycles. The van der Waals surface area contributed by atoms with Crippen molar-refractivity contribution in [1.29, 1.82) is 0 Å². The Kier molecular flexibility index (Phi) is 3.76. The fourth-order valence-electron chi connectivity index (χ4n) is 2.03. The molecule has 0 fully saturated rings. The van der Waals surface area contributed by atoms with E-state index in [0.29, 0.717) is 18.8 Å². The van der Waals surface area contributed by atoms with Gasteiger partial charge in [-0.05, 0) is 30.0 Å². The second-order valence-electron chi connectivity index (χ2n) is 3.94. The molecule has 1 N–H and O–H groups in total. The summed E-state index contributed by atoms with van der Waals surface area (Å²) in [6.45, 7) is 3.11. The van der Waals surface area contributed by atoms with Crippen molar-refractivity contribution >= 4 is 5.97 Å². The average molecular weight is 236 g/mol. The molecule has 1 atom stereocenters. The minimum atomic E-state index is -1.22. The van der Waals surface area contributed by atoms with E-state index in [1.54, 1.807) is 13.0 Å². The Labute approximate surface area is 100 Å². The molecule has 0 aromatic heterocycles. The molecule has 1 aromatic carbocycles. The molecule has 4 heteroatoms. The van der Waals surface area contributed by atoms with E-state index in [2.05, 4.69) is 0 Å². The van der Waals surface area contributed by atoms with Crippen molar-refractivity contribution in [2.75, 3.05) is 13.2 Å². The molecular formula is C13H16O4. The van der Waals surface area contributed by atoms with E-state index in [1.807, 2.05) is 12.1 Å². The molecule has 1 unspecified atom stereocenters. The predicted octanol–water partition coefficient (Wildman–Crippen LogP) is 1.36. The molecule has 0 saturated heterocycles. The highest BCUT2D eigenvalue weighted by molar-refractivity contribution is 5.77. The molecule has 0 saturated carbocycles. The van der Waals surface area contributed by atoms with E-state index in [4.69, 9.17) is 9.47 Å². The number of aliphatic hydroxyl groups is 1. The summed E-state index contributed by atoms with van der Waals surface area (Å²) in [6.07, 6.45) is -0.398. The van der Waals surface area contributed by atoms with E-state index in [0.717, 1.165) is 17.5 Å². The van der Waals surface area contributed by atoms with Crippen LogP contribution >= 0.6 is 0 Å². The molecule has 0 bridgehead atoms. The quantitative estimate of drug-likeness (QED) is 0.805. The summed E-state index contributed by atoms with van der Waals surface area (Å²) >= 11 is 0. The summed E-state index contributed by atoms with van der Waals surface area (Å²) in [7, 11) is 0. The zero-order chi connectivity index (χ0) is 12.3. The van der Waals surface area contributed by atoms with Crippen molar-refractivity contribution in [3.63, 3.8) is 0 Å². The van der Waals surface area contributed by atoms with E-state index in [-0.39, 0.29) is 6.61 Å². The number of hydrogen-bond donors (Lipinski definition) is 1. The number of hydrogen-bond acceptors (Lipinski definition) is 4. The summed E-state index contributed by atoms with van der Waals surface area (Å²) in [4.78, 5) is 11.5. The topological polar surface area (TPSA) is 55.8 Å². The first kappa shape index (κ1) is 12.1. The van der Waals surface area contributed by atoms with Gasteiger partial charge in [0.1, 0.15) is 0 Å². The zero-order valence-corrected chi connectivity index (χ0v) is 9.81. The lowest BCUT2D eigenvalue weighted by atomic mass is 9.95. The number of aliphatic hydroxyl groups excluding tert-OH is 1. The number of ether oxygens (including phenoxy) is 2. The molecule has 1 aliphatic rings. The Morgan fingerprint density at radius 3 is 3.18 bits per heavy atom. The maximum Gasteiger partial charge on any atom is 0.339 e. The second-order valence-corrected chi connectivity index (χ2v) is 3.94. The zero-order valence-electron chi connectivity index (χ0n) is 9.81. The van der Waals surface area contributed by atoms with Crippen LogP contribution in [0.25, 0.3) is 0 Å². The van der Waals surface area contributed by atoms with Crippen molar-refractivity contribution in [2.24, 2.45) is 0 Å². The molecule has 92 valence electrons. The Hall–Kier alpha value is -1.39. The second kappa shape index (κ2) is 5.29. The predicted molar refractivity (Wildman–Crippen MR) is 61.4 cm³/mol. The molecule has 0 amide bonds. The summed E-state index contributed by atoms with van der Waals surface area (Å²) in [5.74, 6) is -0.605. The minimum absolute atomic E-state index is 0.265. The number of rotatable bonds is 3. The summed E-state index contributed by atoms with van der Waals surface area (Å²) < 4.78 is 10.2. The van der Waals surface area contributed by atoms with E-state index in [9.17, 15) is 9.90 Å². The first-order chi connectivity index (χ1) is 8.24. The molecule has 1 aliphatic heterocycles. The first-order valence-corrected chi connectivity index (χ1v) is 5.77. The van der Waals surface area contributed by atoms with Crippen molar-refractivity contribution in [2.45, 2.75) is 26.1 Å². The number of carbonyl (C=O) groups is 1. The monoisotopic (exact) mass is 236 g/mol. The van der Waals surface area contributed by atoms with Crippen molar-refractivity contribution in [1.82, 2.24) is 0 Å². The molecule has 1 heterocycles. The average Bonchev–Trinajstić information content (AvgIpc) is 2.37. The first-order valence-electron chi connectivity index (χ1n) is 5.77. The fourth-order valence-corrected chi connectivity index (χ4v) is 2.03. The molecule has 0 radical (unpaired) electrons. The van der Waals surface area contributed by atoms with Gasteiger partial charge in [-0.25, -0.2) is 4.79 Å². The number of esters is 1. The SMILES string of the molecule is CCOC(=O)C(O)c1cccc2c1COCC2. The van der Waals surface area contributed by atoms with Gasteiger partial charge in [-0.15, -0.1) is 0 Å². The minimum Gasteiger partial charge on any atom is -0.464 e. The van der Waals surface area contributed by atoms with Crippen LogP contribution in [0.15, 0.2) is 18.2 Å². The van der Waals surface area contributed by atoms with Crippen LogP contribution < -0.4 is 0 Å². The van der Waals surface area contributed by atoms with Crippen molar-refractivity contribution in [3.05, 3.63) is 34.9 Å². The Morgan fingerprint density at radius 2 is 2.41 bits per heavy atom. The van der Waals surface area contributed by atoms with E-state index < -0.39 is 12.1 Å². The third-order valence-corrected chi connectivity index (χ3v) is 2.88. The van der Waals surface area contributed by atoms with Crippen molar-refractivity contribution < 1.29 is 19.4 Å². The normalized spacial score (nSPS) is 16.1. The third-order valence-electron chi connectivity index (χ3n) is 2.88. The standard InChI is InChI=1S/C13H16O4/c1-2-17-13(15)12(14)10-5-3-4-9-6-7-16-8-11(9)10/h3-5,12,14H,2,6-8H2,1H3. The molecular weight excluding hydrogens is 220 g/mol. The maximum absolute atomic E-state index is 11.5. The van der Waals surface area contributed by atoms with Crippen LogP contribution in [0.4, 0.5) is 0 Å². The van der Waals surface area contributed by atoms with Crippen LogP contribution in [-0.4, -0.2) is 24.3 Å². The Balaban J connectivity index is 2.28. The highest BCUT2D eigenvalue weighted by Gasteiger charge is 2.24. The molecule has 2 rings (SSSR count). The van der Waals surface area contributed by atoms with Gasteiger partial charge in [0.2, 0.25) is 0 Å². The maximum atomic E-state index is 11.5. The van der Waals surface area contributed by atoms with Gasteiger partial charge in [0.25, 0.3) is 0 Å². The highest BCUT2D eigenvalue weighted by atomic mass is 16.5. The fraction of sp³-hybridized carbons (Fsp3) is 0.462. The summed E-state index contributed by atoms with van der Waals surface area (Å²) in [5, 5.41) is 9.95. The van der Waals surface area contributed by atoms with Crippen LogP contribution in [0.2, 0.25) is 0 Å². The number of fused-ring (bicyclic) bond motifs is 1. The molecule has 0 spiro atoms. The smallest absolute Gasteiger partial charge is 0.339 e. The van der Waals surface area contributed by atoms with Crippen LogP contribution in [0.5, 0.6) is 0 Å². The number of carbonyl (C=O) groups excluding carboxylic acids is 1. The van der Waals surface area contributed by atoms with Gasteiger partial charge in [-0.1, -0.05) is 18.2 Å². The highest BCUT2D eigenvalue weighted by Crippen LogP contribution is 2.26. The molecule has 17 heavy (non-hydrogen) atoms. The van der Waals surface area contributed by atoms with Crippen LogP contribution in [0.1, 0.15) is 29.7 Å². The summed E-state index contributed by atoms with van der Waals surface area (Å²) in [6, 6.07) is 5.59. The van der Waals surface area contributed by atoms with Gasteiger partial charge in [0.05, 0.1) is 19.8 Å². The van der Waals surface area contributed by atoms with Crippen LogP contribution in [-0.2, 0) is 27.3 Å². The lowest BCUT2D eigenvalue weighted by molar-refractivity contribution is -0.153. The van der Waals surface area contributed by atoms with E-state index in [1.165, 1.54) is 0 Å². The van der Waals surface area contributed by atoms with Crippen LogP contribution in [0, 0.1) is 0 Å². The van der Waals surface area contributed by atoms with Gasteiger partial charge in [-0.3, -0.25) is 0 Å². The lowest BCUT2D eigenvalue weighted by Crippen LogP contribution is -2.20. The van der Waals surface area contributed by atoms with Gasteiger partial charge in [-0.2, -0.15) is 0 Å². The Morgan fingerprint density at radius 1 is 1.59 bits per heavy atom. The Bertz CT molecular complexity index is 414. The van der Waals surface area contributed by atoms with Gasteiger partial charge in [0.15, 0.2) is 6.10 Å². The van der Waals surface area contributed by atoms with Gasteiger partial charge < -0.3 is 14.6 Å². The van der Waals surface area contributed by atoms with Gasteiger partial charge >= 0.3 is 5.97 Å².